The van der Waals surface area contributed by atoms with Crippen LogP contribution in [0.15, 0.2) is 29.6 Å². The Hall–Kier alpha value is -1.96. The van der Waals surface area contributed by atoms with Crippen molar-refractivity contribution in [1.82, 2.24) is 10.3 Å². The van der Waals surface area contributed by atoms with Crippen molar-refractivity contribution in [2.45, 2.75) is 25.3 Å². The molecule has 0 saturated heterocycles. The molecule has 1 aliphatic carbocycles. The fourth-order valence-corrected chi connectivity index (χ4v) is 2.91. The van der Waals surface area contributed by atoms with Crippen LogP contribution in [-0.4, -0.2) is 29.4 Å². The zero-order valence-electron chi connectivity index (χ0n) is 13.0. The van der Waals surface area contributed by atoms with E-state index in [-0.39, 0.29) is 30.3 Å². The van der Waals surface area contributed by atoms with E-state index in [9.17, 15) is 9.59 Å². The average molecular weight is 367 g/mol. The fraction of sp³-hybridized carbons (Fsp3) is 0.312. The number of hydrogen-bond donors (Lipinski definition) is 3. The first-order chi connectivity index (χ1) is 11.2. The van der Waals surface area contributed by atoms with Crippen LogP contribution in [0.3, 0.4) is 0 Å². The molecule has 0 bridgehead atoms. The normalized spacial score (nSPS) is 13.0. The smallest absolute Gasteiger partial charge is 0.275 e. The molecule has 2 amide bonds. The van der Waals surface area contributed by atoms with Crippen molar-refractivity contribution in [2.75, 3.05) is 11.9 Å². The summed E-state index contributed by atoms with van der Waals surface area (Å²) in [5, 5.41) is 8.23. The number of nitrogens with two attached hydrogens (primary N) is 1. The third-order valence-electron chi connectivity index (χ3n) is 3.48. The maximum atomic E-state index is 12.3. The Labute approximate surface area is 150 Å². The summed E-state index contributed by atoms with van der Waals surface area (Å²) in [7, 11) is 0. The lowest BCUT2D eigenvalue weighted by Gasteiger charge is -2.10. The lowest BCUT2D eigenvalue weighted by atomic mass is 10.1. The number of para-hydroxylation sites is 1. The standard InChI is InChI=1S/C16H18N4O2S.ClH/c17-8-7-14-19-13(9-23-14)16(22)20-12-4-2-1-3-11(12)15(21)18-10-5-6-10;/h1-4,9-10H,5-8,17H2,(H,18,21)(H,20,22);1H. The zero-order valence-corrected chi connectivity index (χ0v) is 14.6. The van der Waals surface area contributed by atoms with E-state index in [2.05, 4.69) is 15.6 Å². The molecule has 0 unspecified atom stereocenters. The predicted octanol–water partition coefficient (Wildman–Crippen LogP) is 2.21. The largest absolute Gasteiger partial charge is 0.349 e. The van der Waals surface area contributed by atoms with Crippen LogP contribution in [0.4, 0.5) is 5.69 Å². The second-order valence-electron chi connectivity index (χ2n) is 5.41. The van der Waals surface area contributed by atoms with Gasteiger partial charge in [-0.3, -0.25) is 9.59 Å². The topological polar surface area (TPSA) is 97.1 Å². The van der Waals surface area contributed by atoms with Gasteiger partial charge < -0.3 is 16.4 Å². The first-order valence-electron chi connectivity index (χ1n) is 7.53. The van der Waals surface area contributed by atoms with Gasteiger partial charge in [0.05, 0.1) is 16.3 Å². The summed E-state index contributed by atoms with van der Waals surface area (Å²) in [5.74, 6) is -0.485. The molecule has 1 aromatic heterocycles. The van der Waals surface area contributed by atoms with Crippen LogP contribution in [0.1, 0.15) is 38.7 Å². The molecule has 1 aliphatic rings. The van der Waals surface area contributed by atoms with Crippen LogP contribution < -0.4 is 16.4 Å². The molecule has 1 aromatic carbocycles. The van der Waals surface area contributed by atoms with Crippen molar-refractivity contribution >= 4 is 41.2 Å². The Balaban J connectivity index is 0.00000208. The molecule has 1 heterocycles. The quantitative estimate of drug-likeness (QED) is 0.730. The number of aromatic nitrogens is 1. The molecule has 8 heteroatoms. The molecule has 6 nitrogen and oxygen atoms in total. The van der Waals surface area contributed by atoms with Crippen LogP contribution in [-0.2, 0) is 6.42 Å². The molecular formula is C16H19ClN4O2S. The summed E-state index contributed by atoms with van der Waals surface area (Å²) >= 11 is 1.41. The molecule has 0 aliphatic heterocycles. The lowest BCUT2D eigenvalue weighted by Crippen LogP contribution is -2.27. The van der Waals surface area contributed by atoms with Crippen molar-refractivity contribution in [2.24, 2.45) is 5.73 Å². The molecule has 4 N–H and O–H groups in total. The Kier molecular flexibility index (Phi) is 6.30. The van der Waals surface area contributed by atoms with Gasteiger partial charge in [-0.2, -0.15) is 0 Å². The zero-order chi connectivity index (χ0) is 16.2. The van der Waals surface area contributed by atoms with Gasteiger partial charge >= 0.3 is 0 Å². The van der Waals surface area contributed by atoms with Crippen LogP contribution >= 0.6 is 23.7 Å². The number of carbonyl (C=O) groups is 2. The van der Waals surface area contributed by atoms with E-state index in [1.54, 1.807) is 29.6 Å². The van der Waals surface area contributed by atoms with Gasteiger partial charge in [-0.1, -0.05) is 12.1 Å². The number of amides is 2. The second-order valence-corrected chi connectivity index (χ2v) is 6.36. The van der Waals surface area contributed by atoms with Gasteiger partial charge in [0, 0.05) is 17.8 Å². The second kappa shape index (κ2) is 8.23. The maximum absolute atomic E-state index is 12.3. The fourth-order valence-electron chi connectivity index (χ4n) is 2.12. The molecule has 1 fully saturated rings. The van der Waals surface area contributed by atoms with Crippen molar-refractivity contribution in [3.63, 3.8) is 0 Å². The summed E-state index contributed by atoms with van der Waals surface area (Å²) in [6, 6.07) is 7.24. The number of hydrogen-bond acceptors (Lipinski definition) is 5. The Morgan fingerprint density at radius 3 is 2.71 bits per heavy atom. The van der Waals surface area contributed by atoms with Crippen molar-refractivity contribution in [3.8, 4) is 0 Å². The molecule has 0 atom stereocenters. The third kappa shape index (κ3) is 4.53. The number of thiazole rings is 1. The number of benzene rings is 1. The van der Waals surface area contributed by atoms with Gasteiger partial charge in [-0.15, -0.1) is 23.7 Å². The first kappa shape index (κ1) is 18.4. The maximum Gasteiger partial charge on any atom is 0.275 e. The molecule has 1 saturated carbocycles. The van der Waals surface area contributed by atoms with E-state index < -0.39 is 0 Å². The van der Waals surface area contributed by atoms with E-state index in [1.807, 2.05) is 0 Å². The van der Waals surface area contributed by atoms with Gasteiger partial charge in [0.15, 0.2) is 0 Å². The summed E-state index contributed by atoms with van der Waals surface area (Å²) < 4.78 is 0. The van der Waals surface area contributed by atoms with Gasteiger partial charge in [-0.05, 0) is 31.5 Å². The highest BCUT2D eigenvalue weighted by Gasteiger charge is 2.25. The van der Waals surface area contributed by atoms with Gasteiger partial charge in [0.2, 0.25) is 0 Å². The van der Waals surface area contributed by atoms with E-state index in [4.69, 9.17) is 5.73 Å². The number of nitrogens with zero attached hydrogens (tertiary/aromatic N) is 1. The summed E-state index contributed by atoms with van der Waals surface area (Å²) in [6.45, 7) is 0.499. The lowest BCUT2D eigenvalue weighted by molar-refractivity contribution is 0.0952. The van der Waals surface area contributed by atoms with Crippen molar-refractivity contribution < 1.29 is 9.59 Å². The minimum absolute atomic E-state index is 0. The Morgan fingerprint density at radius 2 is 2.00 bits per heavy atom. The number of halogens is 1. The molecule has 2 aromatic rings. The van der Waals surface area contributed by atoms with Crippen molar-refractivity contribution in [1.29, 1.82) is 0 Å². The monoisotopic (exact) mass is 366 g/mol. The first-order valence-corrected chi connectivity index (χ1v) is 8.41. The average Bonchev–Trinajstić information content (AvgIpc) is 3.23. The molecule has 0 spiro atoms. The number of rotatable bonds is 6. The molecule has 24 heavy (non-hydrogen) atoms. The minimum Gasteiger partial charge on any atom is -0.349 e. The van der Waals surface area contributed by atoms with E-state index >= 15 is 0 Å². The molecule has 128 valence electrons. The molecular weight excluding hydrogens is 348 g/mol. The Morgan fingerprint density at radius 1 is 1.25 bits per heavy atom. The molecule has 3 rings (SSSR count). The predicted molar refractivity (Wildman–Crippen MR) is 97.0 cm³/mol. The van der Waals surface area contributed by atoms with Gasteiger partial charge in [0.25, 0.3) is 11.8 Å². The van der Waals surface area contributed by atoms with Crippen LogP contribution in [0.25, 0.3) is 0 Å². The van der Waals surface area contributed by atoms with E-state index in [0.717, 1.165) is 17.8 Å². The molecule has 0 radical (unpaired) electrons. The van der Waals surface area contributed by atoms with E-state index in [0.29, 0.717) is 29.9 Å². The van der Waals surface area contributed by atoms with Gasteiger partial charge in [0.1, 0.15) is 5.69 Å². The highest BCUT2D eigenvalue weighted by molar-refractivity contribution is 7.09. The third-order valence-corrected chi connectivity index (χ3v) is 4.38. The highest BCUT2D eigenvalue weighted by atomic mass is 35.5. The summed E-state index contributed by atoms with van der Waals surface area (Å²) in [5.41, 5.74) is 6.79. The summed E-state index contributed by atoms with van der Waals surface area (Å²) in [4.78, 5) is 28.8. The number of carbonyl (C=O) groups excluding carboxylic acids is 2. The van der Waals surface area contributed by atoms with Crippen molar-refractivity contribution in [3.05, 3.63) is 45.9 Å². The SMILES string of the molecule is Cl.NCCc1nc(C(=O)Nc2ccccc2C(=O)NC2CC2)cs1. The minimum atomic E-state index is -0.323. The van der Waals surface area contributed by atoms with Crippen LogP contribution in [0.2, 0.25) is 0 Å². The highest BCUT2D eigenvalue weighted by Crippen LogP contribution is 2.22. The Bertz CT molecular complexity index is 730. The summed E-state index contributed by atoms with van der Waals surface area (Å²) in [6.07, 6.45) is 2.68. The van der Waals surface area contributed by atoms with Crippen LogP contribution in [0.5, 0.6) is 0 Å². The van der Waals surface area contributed by atoms with E-state index in [1.165, 1.54) is 11.3 Å². The number of nitrogens with one attached hydrogen (secondary N) is 2. The van der Waals surface area contributed by atoms with Gasteiger partial charge in [-0.25, -0.2) is 4.98 Å². The number of anilines is 1. The van der Waals surface area contributed by atoms with Crippen LogP contribution in [0, 0.1) is 0 Å².